The summed E-state index contributed by atoms with van der Waals surface area (Å²) in [6, 6.07) is 9.46. The fraction of sp³-hybridized carbons (Fsp3) is 0.667. The van der Waals surface area contributed by atoms with Gasteiger partial charge in [-0.3, -0.25) is 0 Å². The first-order valence-electron chi connectivity index (χ1n) is 7.95. The molecule has 2 rings (SSSR count). The highest BCUT2D eigenvalue weighted by Crippen LogP contribution is 2.33. The maximum atomic E-state index is 5.93. The first-order valence-corrected chi connectivity index (χ1v) is 8.33. The van der Waals surface area contributed by atoms with Crippen LogP contribution in [0, 0.1) is 5.41 Å². The summed E-state index contributed by atoms with van der Waals surface area (Å²) >= 11 is 5.93. The van der Waals surface area contributed by atoms with Crippen LogP contribution in [0.5, 0.6) is 0 Å². The maximum Gasteiger partial charge on any atom is 0.0406 e. The summed E-state index contributed by atoms with van der Waals surface area (Å²) in [5.41, 5.74) is 1.90. The molecule has 2 unspecified atom stereocenters. The summed E-state index contributed by atoms with van der Waals surface area (Å²) in [4.78, 5) is 0. The van der Waals surface area contributed by atoms with Gasteiger partial charge in [-0.05, 0) is 62.1 Å². The fourth-order valence-electron chi connectivity index (χ4n) is 3.26. The number of halogens is 1. The van der Waals surface area contributed by atoms with E-state index in [9.17, 15) is 0 Å². The molecule has 1 saturated carbocycles. The Labute approximate surface area is 129 Å². The molecule has 1 aliphatic carbocycles. The molecule has 1 fully saturated rings. The predicted molar refractivity (Wildman–Crippen MR) is 88.4 cm³/mol. The third kappa shape index (κ3) is 5.10. The van der Waals surface area contributed by atoms with Crippen LogP contribution in [0.3, 0.4) is 0 Å². The topological polar surface area (TPSA) is 12.0 Å². The van der Waals surface area contributed by atoms with E-state index in [1.165, 1.54) is 37.7 Å². The van der Waals surface area contributed by atoms with E-state index in [0.717, 1.165) is 11.4 Å². The average Bonchev–Trinajstić information content (AvgIpc) is 2.54. The van der Waals surface area contributed by atoms with Crippen molar-refractivity contribution in [3.8, 4) is 0 Å². The first kappa shape index (κ1) is 15.9. The molecule has 0 bridgehead atoms. The second-order valence-electron chi connectivity index (χ2n) is 7.19. The van der Waals surface area contributed by atoms with Crippen LogP contribution in [0.2, 0.25) is 5.02 Å². The smallest absolute Gasteiger partial charge is 0.0406 e. The lowest BCUT2D eigenvalue weighted by atomic mass is 9.85. The van der Waals surface area contributed by atoms with Gasteiger partial charge in [-0.2, -0.15) is 0 Å². The third-order valence-electron chi connectivity index (χ3n) is 4.55. The van der Waals surface area contributed by atoms with Crippen LogP contribution >= 0.6 is 11.6 Å². The lowest BCUT2D eigenvalue weighted by Gasteiger charge is -2.24. The van der Waals surface area contributed by atoms with Gasteiger partial charge < -0.3 is 5.32 Å². The van der Waals surface area contributed by atoms with Crippen LogP contribution in [0.4, 0.5) is 0 Å². The Morgan fingerprint density at radius 2 is 1.90 bits per heavy atom. The molecule has 0 radical (unpaired) electrons. The van der Waals surface area contributed by atoms with E-state index >= 15 is 0 Å². The van der Waals surface area contributed by atoms with Gasteiger partial charge in [0.05, 0.1) is 0 Å². The molecule has 0 saturated heterocycles. The summed E-state index contributed by atoms with van der Waals surface area (Å²) in [5.74, 6) is 0. The minimum atomic E-state index is 0.530. The molecule has 2 atom stereocenters. The molecule has 1 aliphatic rings. The molecule has 0 aliphatic heterocycles. The number of hydrogen-bond donors (Lipinski definition) is 1. The zero-order valence-electron chi connectivity index (χ0n) is 13.1. The van der Waals surface area contributed by atoms with Gasteiger partial charge in [0.25, 0.3) is 0 Å². The first-order chi connectivity index (χ1) is 9.44. The van der Waals surface area contributed by atoms with Crippen molar-refractivity contribution in [3.63, 3.8) is 0 Å². The molecule has 1 aromatic carbocycles. The molecule has 0 spiro atoms. The van der Waals surface area contributed by atoms with Gasteiger partial charge in [0.1, 0.15) is 0 Å². The van der Waals surface area contributed by atoms with Gasteiger partial charge in [-0.15, -0.1) is 0 Å². The van der Waals surface area contributed by atoms with Gasteiger partial charge in [-0.25, -0.2) is 0 Å². The summed E-state index contributed by atoms with van der Waals surface area (Å²) in [5, 5.41) is 4.65. The van der Waals surface area contributed by atoms with E-state index in [1.54, 1.807) is 0 Å². The second kappa shape index (κ2) is 6.95. The molecule has 0 amide bonds. The molecular formula is C18H28ClN. The van der Waals surface area contributed by atoms with E-state index in [1.807, 2.05) is 12.1 Å². The Morgan fingerprint density at radius 3 is 2.60 bits per heavy atom. The zero-order chi connectivity index (χ0) is 14.6. The van der Waals surface area contributed by atoms with Gasteiger partial charge in [-0.1, -0.05) is 44.0 Å². The van der Waals surface area contributed by atoms with Crippen LogP contribution < -0.4 is 5.32 Å². The van der Waals surface area contributed by atoms with Crippen LogP contribution in [0.25, 0.3) is 0 Å². The number of hydrogen-bond acceptors (Lipinski definition) is 1. The highest BCUT2D eigenvalue weighted by Gasteiger charge is 2.24. The molecule has 112 valence electrons. The average molecular weight is 294 g/mol. The summed E-state index contributed by atoms with van der Waals surface area (Å²) in [7, 11) is 0. The monoisotopic (exact) mass is 293 g/mol. The largest absolute Gasteiger partial charge is 0.311 e. The maximum absolute atomic E-state index is 5.93. The quantitative estimate of drug-likeness (QED) is 0.751. The minimum Gasteiger partial charge on any atom is -0.311 e. The van der Waals surface area contributed by atoms with Gasteiger partial charge in [0, 0.05) is 17.1 Å². The van der Waals surface area contributed by atoms with Crippen molar-refractivity contribution < 1.29 is 0 Å². The Kier molecular flexibility index (Phi) is 5.51. The molecule has 1 nitrogen and oxygen atoms in total. The molecule has 1 N–H and O–H groups in total. The fourth-order valence-corrected chi connectivity index (χ4v) is 3.39. The van der Waals surface area contributed by atoms with Crippen molar-refractivity contribution >= 4 is 11.6 Å². The molecule has 1 aromatic rings. The van der Waals surface area contributed by atoms with Crippen molar-refractivity contribution in [1.82, 2.24) is 5.32 Å². The Hall–Kier alpha value is -0.530. The van der Waals surface area contributed by atoms with E-state index in [0.29, 0.717) is 17.5 Å². The molecule has 2 heteroatoms. The summed E-state index contributed by atoms with van der Waals surface area (Å²) < 4.78 is 0. The van der Waals surface area contributed by atoms with Crippen molar-refractivity contribution in [2.24, 2.45) is 5.41 Å². The number of nitrogens with one attached hydrogen (secondary N) is 1. The molecule has 0 aromatic heterocycles. The highest BCUT2D eigenvalue weighted by molar-refractivity contribution is 6.30. The Morgan fingerprint density at radius 1 is 1.20 bits per heavy atom. The van der Waals surface area contributed by atoms with Crippen molar-refractivity contribution in [2.75, 3.05) is 0 Å². The Bertz CT molecular complexity index is 410. The van der Waals surface area contributed by atoms with Crippen molar-refractivity contribution in [2.45, 2.75) is 71.4 Å². The van der Waals surface area contributed by atoms with Crippen LogP contribution in [-0.2, 0) is 6.42 Å². The minimum absolute atomic E-state index is 0.530. The lowest BCUT2D eigenvalue weighted by molar-refractivity contribution is 0.307. The SMILES string of the molecule is CC(Cc1ccc(Cl)cc1)NC1CCCC(C)(C)CC1. The molecular weight excluding hydrogens is 266 g/mol. The standard InChI is InChI=1S/C18H28ClN/c1-14(13-15-6-8-16(19)9-7-15)20-17-5-4-11-18(2,3)12-10-17/h6-9,14,17,20H,4-5,10-13H2,1-3H3. The second-order valence-corrected chi connectivity index (χ2v) is 7.63. The van der Waals surface area contributed by atoms with E-state index in [2.05, 4.69) is 38.2 Å². The predicted octanol–water partition coefficient (Wildman–Crippen LogP) is 5.22. The van der Waals surface area contributed by atoms with Gasteiger partial charge in [0.2, 0.25) is 0 Å². The zero-order valence-corrected chi connectivity index (χ0v) is 13.8. The van der Waals surface area contributed by atoms with Crippen LogP contribution in [0.1, 0.15) is 58.4 Å². The van der Waals surface area contributed by atoms with E-state index in [4.69, 9.17) is 11.6 Å². The van der Waals surface area contributed by atoms with Gasteiger partial charge >= 0.3 is 0 Å². The summed E-state index contributed by atoms with van der Waals surface area (Å²) in [6.07, 6.45) is 7.80. The van der Waals surface area contributed by atoms with E-state index in [-0.39, 0.29) is 0 Å². The lowest BCUT2D eigenvalue weighted by Crippen LogP contribution is -2.37. The molecule has 0 heterocycles. The van der Waals surface area contributed by atoms with E-state index < -0.39 is 0 Å². The van der Waals surface area contributed by atoms with Crippen molar-refractivity contribution in [1.29, 1.82) is 0 Å². The summed E-state index contributed by atoms with van der Waals surface area (Å²) in [6.45, 7) is 7.11. The number of benzene rings is 1. The highest BCUT2D eigenvalue weighted by atomic mass is 35.5. The number of rotatable bonds is 4. The normalized spacial score (nSPS) is 24.1. The van der Waals surface area contributed by atoms with Crippen molar-refractivity contribution in [3.05, 3.63) is 34.9 Å². The van der Waals surface area contributed by atoms with Crippen LogP contribution in [-0.4, -0.2) is 12.1 Å². The third-order valence-corrected chi connectivity index (χ3v) is 4.80. The van der Waals surface area contributed by atoms with Crippen LogP contribution in [0.15, 0.2) is 24.3 Å². The Balaban J connectivity index is 1.82. The van der Waals surface area contributed by atoms with Gasteiger partial charge in [0.15, 0.2) is 0 Å². The molecule has 20 heavy (non-hydrogen) atoms.